The van der Waals surface area contributed by atoms with E-state index in [1.165, 1.54) is 22.3 Å². The lowest BCUT2D eigenvalue weighted by atomic mass is 10.2. The summed E-state index contributed by atoms with van der Waals surface area (Å²) >= 11 is 1.41. The topological polar surface area (TPSA) is 76.2 Å². The van der Waals surface area contributed by atoms with Crippen molar-refractivity contribution in [3.05, 3.63) is 76.5 Å². The number of aromatic amines is 1. The van der Waals surface area contributed by atoms with Crippen molar-refractivity contribution < 1.29 is 4.42 Å². The fraction of sp³-hybridized carbons (Fsp3) is 0. The molecule has 0 spiro atoms. The van der Waals surface area contributed by atoms with Gasteiger partial charge in [0.2, 0.25) is 0 Å². The Labute approximate surface area is 151 Å². The van der Waals surface area contributed by atoms with Crippen molar-refractivity contribution in [3.63, 3.8) is 0 Å². The second-order valence-electron chi connectivity index (χ2n) is 5.74. The van der Waals surface area contributed by atoms with Gasteiger partial charge in [0, 0.05) is 33.6 Å². The molecule has 6 nitrogen and oxygen atoms in total. The molecule has 7 heteroatoms. The Morgan fingerprint density at radius 3 is 3.04 bits per heavy atom. The fourth-order valence-electron chi connectivity index (χ4n) is 2.94. The smallest absolute Gasteiger partial charge is 0.283 e. The lowest BCUT2D eigenvalue weighted by molar-refractivity contribution is 0.583. The predicted octanol–water partition coefficient (Wildman–Crippen LogP) is 4.08. The van der Waals surface area contributed by atoms with Crippen molar-refractivity contribution in [2.45, 2.75) is 0 Å². The molecule has 0 aliphatic carbocycles. The van der Waals surface area contributed by atoms with Gasteiger partial charge >= 0.3 is 0 Å². The molecular weight excluding hydrogens is 348 g/mol. The van der Waals surface area contributed by atoms with Crippen LogP contribution in [0.25, 0.3) is 32.4 Å². The molecule has 126 valence electrons. The van der Waals surface area contributed by atoms with Gasteiger partial charge in [-0.3, -0.25) is 4.79 Å². The molecule has 5 rings (SSSR count). The van der Waals surface area contributed by atoms with Crippen molar-refractivity contribution in [2.24, 2.45) is 5.10 Å². The highest BCUT2D eigenvalue weighted by Crippen LogP contribution is 2.30. The third kappa shape index (κ3) is 2.29. The Morgan fingerprint density at radius 1 is 1.23 bits per heavy atom. The van der Waals surface area contributed by atoms with Crippen LogP contribution in [0.2, 0.25) is 0 Å². The number of furan rings is 1. The minimum absolute atomic E-state index is 0.223. The number of H-pyrrole nitrogens is 1. The Hall–Kier alpha value is -3.45. The van der Waals surface area contributed by atoms with E-state index in [2.05, 4.69) is 15.1 Å². The average Bonchev–Trinajstić information content (AvgIpc) is 3.40. The Bertz CT molecular complexity index is 1310. The highest BCUT2D eigenvalue weighted by Gasteiger charge is 2.14. The standard InChI is InChI=1S/C19H12N4O2S/c24-19-17-14(16-6-3-7-25-16)10-26-18(17)21-11-23(19)22-9-12-8-20-15-5-2-1-4-13(12)15/h1-11,20H/b22-9+. The lowest BCUT2D eigenvalue weighted by Crippen LogP contribution is -2.16. The summed E-state index contributed by atoms with van der Waals surface area (Å²) in [6.45, 7) is 0. The van der Waals surface area contributed by atoms with Gasteiger partial charge in [0.25, 0.3) is 5.56 Å². The zero-order valence-corrected chi connectivity index (χ0v) is 14.2. The highest BCUT2D eigenvalue weighted by molar-refractivity contribution is 7.17. The van der Waals surface area contributed by atoms with E-state index >= 15 is 0 Å². The van der Waals surface area contributed by atoms with Gasteiger partial charge in [-0.2, -0.15) is 9.78 Å². The Balaban J connectivity index is 1.62. The van der Waals surface area contributed by atoms with E-state index in [1.54, 1.807) is 18.5 Å². The maximum absolute atomic E-state index is 12.9. The van der Waals surface area contributed by atoms with Gasteiger partial charge in [-0.05, 0) is 18.2 Å². The van der Waals surface area contributed by atoms with Crippen molar-refractivity contribution in [1.82, 2.24) is 14.6 Å². The Morgan fingerprint density at radius 2 is 2.15 bits per heavy atom. The maximum atomic E-state index is 12.9. The van der Waals surface area contributed by atoms with Crippen LogP contribution in [0.4, 0.5) is 0 Å². The molecule has 0 radical (unpaired) electrons. The molecular formula is C19H12N4O2S. The normalized spacial score (nSPS) is 11.8. The average molecular weight is 360 g/mol. The molecule has 0 saturated heterocycles. The molecule has 0 unspecified atom stereocenters. The minimum Gasteiger partial charge on any atom is -0.464 e. The first-order chi connectivity index (χ1) is 12.8. The molecule has 1 aromatic carbocycles. The summed E-state index contributed by atoms with van der Waals surface area (Å²) in [6, 6.07) is 11.6. The number of rotatable bonds is 3. The zero-order valence-electron chi connectivity index (χ0n) is 13.4. The van der Waals surface area contributed by atoms with Gasteiger partial charge in [-0.15, -0.1) is 11.3 Å². The lowest BCUT2D eigenvalue weighted by Gasteiger charge is -1.99. The number of hydrogen-bond donors (Lipinski definition) is 1. The van der Waals surface area contributed by atoms with Gasteiger partial charge in [-0.25, -0.2) is 4.98 Å². The van der Waals surface area contributed by atoms with Crippen LogP contribution in [0.1, 0.15) is 5.56 Å². The summed E-state index contributed by atoms with van der Waals surface area (Å²) in [7, 11) is 0. The third-order valence-electron chi connectivity index (χ3n) is 4.21. The monoisotopic (exact) mass is 360 g/mol. The molecule has 4 aromatic heterocycles. The third-order valence-corrected chi connectivity index (χ3v) is 5.09. The van der Waals surface area contributed by atoms with E-state index in [0.717, 1.165) is 22.0 Å². The first kappa shape index (κ1) is 14.9. The predicted molar refractivity (Wildman–Crippen MR) is 103 cm³/mol. The zero-order chi connectivity index (χ0) is 17.5. The summed E-state index contributed by atoms with van der Waals surface area (Å²) < 4.78 is 6.69. The molecule has 0 amide bonds. The first-order valence-electron chi connectivity index (χ1n) is 7.94. The molecule has 0 bridgehead atoms. The van der Waals surface area contributed by atoms with E-state index in [4.69, 9.17) is 4.42 Å². The SMILES string of the molecule is O=c1c2c(-c3ccco3)csc2ncn1/N=C/c1c[nH]c2ccccc12. The number of nitrogens with one attached hydrogen (secondary N) is 1. The van der Waals surface area contributed by atoms with Gasteiger partial charge in [0.05, 0.1) is 17.9 Å². The second-order valence-corrected chi connectivity index (χ2v) is 6.59. The van der Waals surface area contributed by atoms with E-state index in [9.17, 15) is 4.79 Å². The minimum atomic E-state index is -0.223. The van der Waals surface area contributed by atoms with Gasteiger partial charge < -0.3 is 9.40 Å². The molecule has 1 N–H and O–H groups in total. The summed E-state index contributed by atoms with van der Waals surface area (Å²) in [5, 5.41) is 7.77. The van der Waals surface area contributed by atoms with Crippen molar-refractivity contribution >= 4 is 38.7 Å². The quantitative estimate of drug-likeness (QED) is 0.493. The number of hydrogen-bond acceptors (Lipinski definition) is 5. The van der Waals surface area contributed by atoms with Crippen LogP contribution in [0.5, 0.6) is 0 Å². The second kappa shape index (κ2) is 5.82. The number of nitrogens with zero attached hydrogens (tertiary/aromatic N) is 3. The Kier molecular flexibility index (Phi) is 3.32. The van der Waals surface area contributed by atoms with Gasteiger partial charge in [0.1, 0.15) is 16.9 Å². The molecule has 0 fully saturated rings. The van der Waals surface area contributed by atoms with E-state index in [-0.39, 0.29) is 5.56 Å². The van der Waals surface area contributed by atoms with Crippen molar-refractivity contribution in [3.8, 4) is 11.3 Å². The number of benzene rings is 1. The van der Waals surface area contributed by atoms with E-state index < -0.39 is 0 Å². The fourth-order valence-corrected chi connectivity index (χ4v) is 3.83. The molecule has 5 aromatic rings. The van der Waals surface area contributed by atoms with Crippen molar-refractivity contribution in [1.29, 1.82) is 0 Å². The van der Waals surface area contributed by atoms with Gasteiger partial charge in [0.15, 0.2) is 0 Å². The number of para-hydroxylation sites is 1. The molecule has 4 heterocycles. The van der Waals surface area contributed by atoms with Crippen LogP contribution in [0.3, 0.4) is 0 Å². The molecule has 26 heavy (non-hydrogen) atoms. The summed E-state index contributed by atoms with van der Waals surface area (Å²) in [5.41, 5.74) is 2.44. The summed E-state index contributed by atoms with van der Waals surface area (Å²) in [6.07, 6.45) is 6.55. The van der Waals surface area contributed by atoms with Crippen LogP contribution >= 0.6 is 11.3 Å². The number of fused-ring (bicyclic) bond motifs is 2. The van der Waals surface area contributed by atoms with Crippen LogP contribution in [-0.2, 0) is 0 Å². The molecule has 0 atom stereocenters. The molecule has 0 saturated carbocycles. The number of aromatic nitrogens is 3. The van der Waals surface area contributed by atoms with Gasteiger partial charge in [-0.1, -0.05) is 18.2 Å². The maximum Gasteiger partial charge on any atom is 0.283 e. The number of thiophene rings is 1. The first-order valence-corrected chi connectivity index (χ1v) is 8.82. The largest absolute Gasteiger partial charge is 0.464 e. The van der Waals surface area contributed by atoms with Crippen LogP contribution < -0.4 is 5.56 Å². The van der Waals surface area contributed by atoms with Crippen LogP contribution in [-0.4, -0.2) is 20.9 Å². The van der Waals surface area contributed by atoms with Crippen LogP contribution in [0, 0.1) is 0 Å². The van der Waals surface area contributed by atoms with E-state index in [1.807, 2.05) is 41.9 Å². The highest BCUT2D eigenvalue weighted by atomic mass is 32.1. The van der Waals surface area contributed by atoms with E-state index in [0.29, 0.717) is 16.0 Å². The molecule has 0 aliphatic rings. The summed E-state index contributed by atoms with van der Waals surface area (Å²) in [5.74, 6) is 0.647. The van der Waals surface area contributed by atoms with Crippen LogP contribution in [0.15, 0.2) is 74.9 Å². The van der Waals surface area contributed by atoms with Crippen molar-refractivity contribution in [2.75, 3.05) is 0 Å². The molecule has 0 aliphatic heterocycles. The summed E-state index contributed by atoms with van der Waals surface area (Å²) in [4.78, 5) is 21.1.